The van der Waals surface area contributed by atoms with Gasteiger partial charge in [0.15, 0.2) is 0 Å². The Hall–Kier alpha value is -1.83. The zero-order valence-corrected chi connectivity index (χ0v) is 12.3. The summed E-state index contributed by atoms with van der Waals surface area (Å²) in [7, 11) is 1.81. The van der Waals surface area contributed by atoms with Crippen molar-refractivity contribution >= 4 is 5.91 Å². The summed E-state index contributed by atoms with van der Waals surface area (Å²) in [6.45, 7) is 1.86. The van der Waals surface area contributed by atoms with Gasteiger partial charge in [-0.1, -0.05) is 32.1 Å². The smallest absolute Gasteiger partial charge is 0.255 e. The average molecular weight is 274 g/mol. The van der Waals surface area contributed by atoms with Crippen LogP contribution >= 0.6 is 0 Å². The van der Waals surface area contributed by atoms with Gasteiger partial charge in [-0.3, -0.25) is 9.48 Å². The highest BCUT2D eigenvalue weighted by Gasteiger charge is 2.32. The molecule has 1 amide bonds. The van der Waals surface area contributed by atoms with E-state index in [0.29, 0.717) is 5.56 Å². The number of carbonyl (C=O) groups excluding carboxylic acids is 1. The van der Waals surface area contributed by atoms with Gasteiger partial charge >= 0.3 is 0 Å². The number of carbonyl (C=O) groups is 1. The van der Waals surface area contributed by atoms with Gasteiger partial charge in [0.25, 0.3) is 5.91 Å². The Morgan fingerprint density at radius 2 is 1.95 bits per heavy atom. The van der Waals surface area contributed by atoms with E-state index in [4.69, 9.17) is 0 Å². The minimum absolute atomic E-state index is 0.183. The minimum Gasteiger partial charge on any atom is -0.334 e. The van der Waals surface area contributed by atoms with Crippen LogP contribution in [0.2, 0.25) is 0 Å². The van der Waals surface area contributed by atoms with E-state index >= 15 is 0 Å². The van der Waals surface area contributed by atoms with Crippen molar-refractivity contribution in [2.75, 3.05) is 0 Å². The molecule has 1 fully saturated rings. The molecule has 0 aliphatic heterocycles. The van der Waals surface area contributed by atoms with Crippen molar-refractivity contribution in [1.29, 1.82) is 5.26 Å². The number of nitriles is 1. The molecule has 5 heteroatoms. The number of aromatic nitrogens is 2. The molecule has 0 saturated heterocycles. The maximum Gasteiger partial charge on any atom is 0.255 e. The summed E-state index contributed by atoms with van der Waals surface area (Å²) in [5.74, 6) is -0.183. The molecule has 1 aliphatic rings. The summed E-state index contributed by atoms with van der Waals surface area (Å²) in [4.78, 5) is 12.4. The van der Waals surface area contributed by atoms with Crippen molar-refractivity contribution in [1.82, 2.24) is 15.1 Å². The van der Waals surface area contributed by atoms with E-state index in [2.05, 4.69) is 16.5 Å². The number of hydrogen-bond donors (Lipinski definition) is 1. The minimum atomic E-state index is -0.709. The van der Waals surface area contributed by atoms with Crippen LogP contribution < -0.4 is 5.32 Å². The van der Waals surface area contributed by atoms with E-state index in [-0.39, 0.29) is 5.91 Å². The van der Waals surface area contributed by atoms with Gasteiger partial charge in [0.05, 0.1) is 17.8 Å². The predicted octanol–water partition coefficient (Wildman–Crippen LogP) is 2.47. The predicted molar refractivity (Wildman–Crippen MR) is 76.1 cm³/mol. The van der Waals surface area contributed by atoms with Gasteiger partial charge in [0.2, 0.25) is 0 Å². The van der Waals surface area contributed by atoms with Crippen LogP contribution in [-0.4, -0.2) is 21.2 Å². The Morgan fingerprint density at radius 1 is 1.35 bits per heavy atom. The van der Waals surface area contributed by atoms with Crippen molar-refractivity contribution in [2.24, 2.45) is 7.05 Å². The van der Waals surface area contributed by atoms with E-state index in [1.165, 1.54) is 6.42 Å². The molecule has 0 aromatic carbocycles. The lowest BCUT2D eigenvalue weighted by Gasteiger charge is -2.29. The Morgan fingerprint density at radius 3 is 2.45 bits per heavy atom. The van der Waals surface area contributed by atoms with E-state index in [0.717, 1.165) is 44.2 Å². The lowest BCUT2D eigenvalue weighted by atomic mass is 9.85. The van der Waals surface area contributed by atoms with Crippen LogP contribution in [0, 0.1) is 18.3 Å². The molecule has 0 spiro atoms. The third kappa shape index (κ3) is 3.01. The number of nitrogens with zero attached hydrogens (tertiary/aromatic N) is 3. The quantitative estimate of drug-likeness (QED) is 0.900. The Labute approximate surface area is 120 Å². The molecule has 0 unspecified atom stereocenters. The molecule has 5 nitrogen and oxygen atoms in total. The topological polar surface area (TPSA) is 70.7 Å². The lowest BCUT2D eigenvalue weighted by Crippen LogP contribution is -2.47. The summed E-state index contributed by atoms with van der Waals surface area (Å²) < 4.78 is 1.67. The molecule has 1 heterocycles. The van der Waals surface area contributed by atoms with Gasteiger partial charge < -0.3 is 5.32 Å². The first-order valence-electron chi connectivity index (χ1n) is 7.30. The molecule has 0 radical (unpaired) electrons. The molecule has 1 aromatic heterocycles. The zero-order chi connectivity index (χ0) is 14.6. The lowest BCUT2D eigenvalue weighted by molar-refractivity contribution is 0.0907. The highest BCUT2D eigenvalue weighted by molar-refractivity contribution is 5.95. The Balaban J connectivity index is 2.14. The van der Waals surface area contributed by atoms with Crippen LogP contribution in [0.15, 0.2) is 6.20 Å². The molecular formula is C15H22N4O. The third-order valence-electron chi connectivity index (χ3n) is 4.25. The summed E-state index contributed by atoms with van der Waals surface area (Å²) in [5, 5.41) is 16.6. The van der Waals surface area contributed by atoms with Gasteiger partial charge in [-0.2, -0.15) is 10.4 Å². The zero-order valence-electron chi connectivity index (χ0n) is 12.3. The molecule has 1 aliphatic carbocycles. The average Bonchev–Trinajstić information content (AvgIpc) is 2.73. The number of aryl methyl sites for hydroxylation is 1. The van der Waals surface area contributed by atoms with Crippen LogP contribution in [-0.2, 0) is 7.05 Å². The molecule has 20 heavy (non-hydrogen) atoms. The van der Waals surface area contributed by atoms with Gasteiger partial charge in [0, 0.05) is 12.7 Å². The second-order valence-electron chi connectivity index (χ2n) is 5.68. The SMILES string of the molecule is Cc1c(C(=O)NC2(C#N)CCCCCCC2)cnn1C. The summed E-state index contributed by atoms with van der Waals surface area (Å²) in [6, 6.07) is 2.35. The normalized spacial score (nSPS) is 18.6. The van der Waals surface area contributed by atoms with Crippen molar-refractivity contribution in [3.8, 4) is 6.07 Å². The Bertz CT molecular complexity index is 518. The van der Waals surface area contributed by atoms with E-state index < -0.39 is 5.54 Å². The van der Waals surface area contributed by atoms with Crippen LogP contribution in [0.5, 0.6) is 0 Å². The fourth-order valence-electron chi connectivity index (χ4n) is 2.78. The number of hydrogen-bond acceptors (Lipinski definition) is 3. The van der Waals surface area contributed by atoms with Gasteiger partial charge in [-0.05, 0) is 19.8 Å². The van der Waals surface area contributed by atoms with E-state index in [1.54, 1.807) is 10.9 Å². The van der Waals surface area contributed by atoms with Crippen molar-refractivity contribution in [3.05, 3.63) is 17.5 Å². The van der Waals surface area contributed by atoms with Gasteiger partial charge in [-0.15, -0.1) is 0 Å². The summed E-state index contributed by atoms with van der Waals surface area (Å²) >= 11 is 0. The van der Waals surface area contributed by atoms with E-state index in [9.17, 15) is 10.1 Å². The first-order valence-corrected chi connectivity index (χ1v) is 7.30. The van der Waals surface area contributed by atoms with Crippen molar-refractivity contribution in [2.45, 2.75) is 57.4 Å². The molecule has 1 N–H and O–H groups in total. The van der Waals surface area contributed by atoms with Crippen molar-refractivity contribution in [3.63, 3.8) is 0 Å². The fourth-order valence-corrected chi connectivity index (χ4v) is 2.78. The molecule has 0 atom stereocenters. The fraction of sp³-hybridized carbons (Fsp3) is 0.667. The first kappa shape index (κ1) is 14.6. The van der Waals surface area contributed by atoms with Crippen molar-refractivity contribution < 1.29 is 4.79 Å². The monoisotopic (exact) mass is 274 g/mol. The maximum absolute atomic E-state index is 12.4. The number of rotatable bonds is 2. The first-order chi connectivity index (χ1) is 9.58. The van der Waals surface area contributed by atoms with Crippen LogP contribution in [0.1, 0.15) is 61.0 Å². The molecule has 108 valence electrons. The van der Waals surface area contributed by atoms with Crippen LogP contribution in [0.4, 0.5) is 0 Å². The molecular weight excluding hydrogens is 252 g/mol. The van der Waals surface area contributed by atoms with E-state index in [1.807, 2.05) is 14.0 Å². The largest absolute Gasteiger partial charge is 0.334 e. The van der Waals surface area contributed by atoms with Crippen LogP contribution in [0.3, 0.4) is 0 Å². The summed E-state index contributed by atoms with van der Waals surface area (Å²) in [6.07, 6.45) is 8.58. The molecule has 1 saturated carbocycles. The van der Waals surface area contributed by atoms with Gasteiger partial charge in [0.1, 0.15) is 5.54 Å². The highest BCUT2D eigenvalue weighted by atomic mass is 16.1. The summed E-state index contributed by atoms with van der Waals surface area (Å²) in [5.41, 5.74) is 0.672. The second kappa shape index (κ2) is 6.08. The molecule has 2 rings (SSSR count). The van der Waals surface area contributed by atoms with Gasteiger partial charge in [-0.25, -0.2) is 0 Å². The molecule has 1 aromatic rings. The number of nitrogens with one attached hydrogen (secondary N) is 1. The van der Waals surface area contributed by atoms with Crippen LogP contribution in [0.25, 0.3) is 0 Å². The number of amides is 1. The standard InChI is InChI=1S/C15H22N4O/c1-12-13(10-17-19(12)2)14(20)18-15(11-16)8-6-4-3-5-7-9-15/h10H,3-9H2,1-2H3,(H,18,20). The maximum atomic E-state index is 12.4. The second-order valence-corrected chi connectivity index (χ2v) is 5.68. The molecule has 0 bridgehead atoms. The third-order valence-corrected chi connectivity index (χ3v) is 4.25. The highest BCUT2D eigenvalue weighted by Crippen LogP contribution is 2.26. The Kier molecular flexibility index (Phi) is 4.43.